The van der Waals surface area contributed by atoms with Gasteiger partial charge in [0.25, 0.3) is 10.9 Å². The Morgan fingerprint density at radius 1 is 1.03 bits per heavy atom. The molecular weight excluding hydrogens is 498 g/mol. The number of aliphatic hydroxyl groups is 1. The van der Waals surface area contributed by atoms with Crippen molar-refractivity contribution in [1.82, 2.24) is 5.32 Å². The number of aromatic hydroxyl groups is 1. The van der Waals surface area contributed by atoms with Crippen LogP contribution in [0.5, 0.6) is 5.75 Å². The highest BCUT2D eigenvalue weighted by Gasteiger charge is 2.22. The summed E-state index contributed by atoms with van der Waals surface area (Å²) in [5.74, 6) is -0.211. The number of phenols is 1. The van der Waals surface area contributed by atoms with Gasteiger partial charge in [0.2, 0.25) is 10.0 Å². The van der Waals surface area contributed by atoms with E-state index in [2.05, 4.69) is 25.6 Å². The molecule has 198 valence electrons. The number of rotatable bonds is 10. The van der Waals surface area contributed by atoms with Crippen LogP contribution in [0.15, 0.2) is 52.1 Å². The van der Waals surface area contributed by atoms with Gasteiger partial charge in [0.1, 0.15) is 17.1 Å². The molecule has 0 unspecified atom stereocenters. The summed E-state index contributed by atoms with van der Waals surface area (Å²) in [4.78, 5) is 25.6. The van der Waals surface area contributed by atoms with Crippen LogP contribution >= 0.6 is 0 Å². The molecule has 1 heterocycles. The van der Waals surface area contributed by atoms with Crippen LogP contribution < -0.4 is 36.4 Å². The highest BCUT2D eigenvalue weighted by atomic mass is 32.2. The Morgan fingerprint density at radius 3 is 2.30 bits per heavy atom. The summed E-state index contributed by atoms with van der Waals surface area (Å²) in [7, 11) is -1.96. The van der Waals surface area contributed by atoms with E-state index in [9.17, 15) is 28.2 Å². The number of phenolic OH excluding ortho intramolecular Hbond substituents is 1. The van der Waals surface area contributed by atoms with Gasteiger partial charge in [0.15, 0.2) is 0 Å². The Morgan fingerprint density at radius 2 is 1.68 bits per heavy atom. The summed E-state index contributed by atoms with van der Waals surface area (Å²) in [6.07, 6.45) is 1.87. The summed E-state index contributed by atoms with van der Waals surface area (Å²) in [6.45, 7) is 1.94. The molecule has 1 aliphatic heterocycles. The molecule has 1 aliphatic rings. The monoisotopic (exact) mass is 529 g/mol. The van der Waals surface area contributed by atoms with Crippen LogP contribution in [0.2, 0.25) is 0 Å². The maximum Gasteiger partial charge on any atom is 0.253 e. The molecule has 3 aromatic carbocycles. The van der Waals surface area contributed by atoms with Gasteiger partial charge in [0.05, 0.1) is 18.0 Å². The molecule has 1 fully saturated rings. The van der Waals surface area contributed by atoms with E-state index in [0.29, 0.717) is 17.8 Å². The molecule has 0 amide bonds. The third kappa shape index (κ3) is 6.21. The Bertz CT molecular complexity index is 1430. The smallest absolute Gasteiger partial charge is 0.253 e. The van der Waals surface area contributed by atoms with Crippen LogP contribution in [0.3, 0.4) is 0 Å². The van der Waals surface area contributed by atoms with Crippen LogP contribution in [0.1, 0.15) is 24.5 Å². The fourth-order valence-electron chi connectivity index (χ4n) is 4.43. The Kier molecular flexibility index (Phi) is 7.71. The maximum absolute atomic E-state index is 11.8. The van der Waals surface area contributed by atoms with Crippen molar-refractivity contribution in [3.05, 3.63) is 68.5 Å². The molecule has 37 heavy (non-hydrogen) atoms. The highest BCUT2D eigenvalue weighted by Crippen LogP contribution is 2.28. The van der Waals surface area contributed by atoms with E-state index in [0.717, 1.165) is 43.6 Å². The summed E-state index contributed by atoms with van der Waals surface area (Å²) in [5, 5.41) is 29.6. The number of piperidine rings is 1. The van der Waals surface area contributed by atoms with Crippen molar-refractivity contribution in [2.45, 2.75) is 25.0 Å². The second kappa shape index (κ2) is 10.8. The summed E-state index contributed by atoms with van der Waals surface area (Å²) >= 11 is 0. The first-order chi connectivity index (χ1) is 17.6. The molecule has 6 N–H and O–H groups in total. The molecule has 0 aliphatic carbocycles. The minimum Gasteiger partial charge on any atom is -0.506 e. The lowest BCUT2D eigenvalue weighted by molar-refractivity contribution is 0.167. The van der Waals surface area contributed by atoms with Gasteiger partial charge in [-0.05, 0) is 54.8 Å². The molecule has 11 nitrogen and oxygen atoms in total. The Labute approximate surface area is 214 Å². The van der Waals surface area contributed by atoms with Crippen molar-refractivity contribution in [3.8, 4) is 5.75 Å². The van der Waals surface area contributed by atoms with E-state index in [1.807, 2.05) is 24.3 Å². The van der Waals surface area contributed by atoms with Crippen LogP contribution in [-0.4, -0.2) is 57.6 Å². The molecular formula is C25H31N5O6S. The van der Waals surface area contributed by atoms with E-state index in [1.54, 1.807) is 13.1 Å². The summed E-state index contributed by atoms with van der Waals surface area (Å²) in [6, 6.07) is 12.2. The van der Waals surface area contributed by atoms with Crippen molar-refractivity contribution >= 4 is 38.5 Å². The molecule has 0 aromatic heterocycles. The number of aliphatic hydroxyl groups excluding tert-OH is 1. The van der Waals surface area contributed by atoms with Crippen LogP contribution in [0, 0.1) is 0 Å². The lowest BCUT2D eigenvalue weighted by Gasteiger charge is -2.34. The zero-order valence-electron chi connectivity index (χ0n) is 20.6. The van der Waals surface area contributed by atoms with Crippen molar-refractivity contribution in [3.63, 3.8) is 0 Å². The first-order valence-corrected chi connectivity index (χ1v) is 13.8. The predicted molar refractivity (Wildman–Crippen MR) is 145 cm³/mol. The topological polar surface area (TPSA) is 160 Å². The third-order valence-electron chi connectivity index (χ3n) is 6.46. The van der Waals surface area contributed by atoms with E-state index >= 15 is 0 Å². The van der Waals surface area contributed by atoms with Crippen LogP contribution in [0.4, 0.5) is 28.4 Å². The normalized spacial score (nSPS) is 15.5. The largest absolute Gasteiger partial charge is 0.506 e. The molecule has 12 heteroatoms. The molecule has 3 aromatic rings. The van der Waals surface area contributed by atoms with Gasteiger partial charge >= 0.3 is 0 Å². The first kappa shape index (κ1) is 26.5. The highest BCUT2D eigenvalue weighted by molar-refractivity contribution is 7.92. The molecule has 0 bridgehead atoms. The molecule has 0 spiro atoms. The van der Waals surface area contributed by atoms with Gasteiger partial charge in [-0.3, -0.25) is 14.3 Å². The number of hydrogen-bond acceptors (Lipinski definition) is 10. The lowest BCUT2D eigenvalue weighted by Crippen LogP contribution is -2.43. The SMILES string of the molecule is CNc1c(Nc2ccc(N3CCC(NC[C@H](O)c4ccc(O)c(NS(C)(=O)=O)c4)CC3)cc2)c(=O)c1=O. The van der Waals surface area contributed by atoms with Crippen LogP contribution in [-0.2, 0) is 10.0 Å². The molecule has 4 rings (SSSR count). The van der Waals surface area contributed by atoms with Gasteiger partial charge in [-0.2, -0.15) is 0 Å². The zero-order valence-corrected chi connectivity index (χ0v) is 21.4. The molecule has 0 radical (unpaired) electrons. The van der Waals surface area contributed by atoms with E-state index in [-0.39, 0.29) is 23.2 Å². The van der Waals surface area contributed by atoms with E-state index in [1.165, 1.54) is 12.1 Å². The number of nitrogens with zero attached hydrogens (tertiary/aromatic N) is 1. The fourth-order valence-corrected chi connectivity index (χ4v) is 4.99. The quantitative estimate of drug-likeness (QED) is 0.168. The second-order valence-electron chi connectivity index (χ2n) is 9.17. The fraction of sp³-hybridized carbons (Fsp3) is 0.360. The second-order valence-corrected chi connectivity index (χ2v) is 10.9. The number of hydrogen-bond donors (Lipinski definition) is 6. The summed E-state index contributed by atoms with van der Waals surface area (Å²) in [5.41, 5.74) is 1.84. The van der Waals surface area contributed by atoms with Crippen molar-refractivity contribution in [1.29, 1.82) is 0 Å². The number of nitrogens with one attached hydrogen (secondary N) is 4. The van der Waals surface area contributed by atoms with E-state index < -0.39 is 27.0 Å². The van der Waals surface area contributed by atoms with Gasteiger partial charge in [-0.15, -0.1) is 0 Å². The van der Waals surface area contributed by atoms with Gasteiger partial charge in [0, 0.05) is 44.1 Å². The average Bonchev–Trinajstić information content (AvgIpc) is 2.88. The van der Waals surface area contributed by atoms with E-state index in [4.69, 9.17) is 0 Å². The van der Waals surface area contributed by atoms with Gasteiger partial charge in [-0.25, -0.2) is 8.42 Å². The molecule has 1 atom stereocenters. The van der Waals surface area contributed by atoms with Gasteiger partial charge in [-0.1, -0.05) is 6.07 Å². The molecule has 1 saturated heterocycles. The number of sulfonamides is 1. The number of anilines is 5. The van der Waals surface area contributed by atoms with Crippen molar-refractivity contribution in [2.24, 2.45) is 0 Å². The first-order valence-electron chi connectivity index (χ1n) is 11.9. The minimum absolute atomic E-state index is 0.0283. The van der Waals surface area contributed by atoms with Crippen LogP contribution in [0.25, 0.3) is 0 Å². The Balaban J connectivity index is 1.27. The van der Waals surface area contributed by atoms with Crippen molar-refractivity contribution in [2.75, 3.05) is 53.2 Å². The zero-order chi connectivity index (χ0) is 26.7. The Hall–Kier alpha value is -3.61. The predicted octanol–water partition coefficient (Wildman–Crippen LogP) is 1.44. The van der Waals surface area contributed by atoms with Gasteiger partial charge < -0.3 is 31.1 Å². The third-order valence-corrected chi connectivity index (χ3v) is 7.05. The molecule has 0 saturated carbocycles. The van der Waals surface area contributed by atoms with Crippen molar-refractivity contribution < 1.29 is 18.6 Å². The lowest BCUT2D eigenvalue weighted by atomic mass is 10.0. The number of benzene rings is 2. The summed E-state index contributed by atoms with van der Waals surface area (Å²) < 4.78 is 25.2. The maximum atomic E-state index is 11.8. The minimum atomic E-state index is -3.56. The average molecular weight is 530 g/mol. The standard InChI is InChI=1S/C25H31N5O6S/c1-26-22-23(25(34)24(22)33)28-17-4-6-18(7-5-17)30-11-9-16(10-12-30)27-14-21(32)15-3-8-20(31)19(13-15)29-37(2,35)36/h3-8,13,16,21,26-29,31-32H,9-12,14H2,1-2H3/t21-/m0/s1.